The minimum Gasteiger partial charge on any atom is -0.481 e. The van der Waals surface area contributed by atoms with Crippen molar-refractivity contribution in [1.82, 2.24) is 15.5 Å². The first-order chi connectivity index (χ1) is 12.9. The van der Waals surface area contributed by atoms with Gasteiger partial charge in [0.1, 0.15) is 0 Å². The van der Waals surface area contributed by atoms with Crippen LogP contribution >= 0.6 is 0 Å². The van der Waals surface area contributed by atoms with Crippen LogP contribution in [0.5, 0.6) is 0 Å². The molecule has 2 aromatic heterocycles. The molecular weight excluding hydrogens is 346 g/mol. The van der Waals surface area contributed by atoms with Gasteiger partial charge in [0.05, 0.1) is 28.6 Å². The number of carbonyl (C=O) groups is 2. The number of rotatable bonds is 6. The number of carboxylic acid groups (broad SMARTS) is 1. The van der Waals surface area contributed by atoms with Crippen molar-refractivity contribution in [2.24, 2.45) is 0 Å². The van der Waals surface area contributed by atoms with Gasteiger partial charge in [-0.15, -0.1) is 0 Å². The van der Waals surface area contributed by atoms with Crippen LogP contribution in [-0.4, -0.2) is 32.7 Å². The van der Waals surface area contributed by atoms with Gasteiger partial charge < -0.3 is 14.9 Å². The third-order valence-corrected chi connectivity index (χ3v) is 5.71. The van der Waals surface area contributed by atoms with E-state index in [1.165, 1.54) is 0 Å². The lowest BCUT2D eigenvalue weighted by atomic mass is 9.92. The van der Waals surface area contributed by atoms with Gasteiger partial charge in [-0.05, 0) is 37.7 Å². The second-order valence-electron chi connectivity index (χ2n) is 8.28. The van der Waals surface area contributed by atoms with Crippen LogP contribution in [0.2, 0.25) is 0 Å². The molecule has 2 heterocycles. The van der Waals surface area contributed by atoms with Gasteiger partial charge in [-0.3, -0.25) is 9.59 Å². The number of aromatic nitrogens is 2. The minimum atomic E-state index is -0.886. The Kier molecular flexibility index (Phi) is 4.40. The summed E-state index contributed by atoms with van der Waals surface area (Å²) in [4.78, 5) is 29.2. The summed E-state index contributed by atoms with van der Waals surface area (Å²) >= 11 is 0. The van der Waals surface area contributed by atoms with E-state index in [2.05, 4.69) is 15.5 Å². The van der Waals surface area contributed by atoms with Crippen molar-refractivity contribution in [3.8, 4) is 0 Å². The Hall–Kier alpha value is -2.44. The molecule has 4 rings (SSSR count). The van der Waals surface area contributed by atoms with Gasteiger partial charge in [-0.2, -0.15) is 0 Å². The van der Waals surface area contributed by atoms with Gasteiger partial charge in [0.15, 0.2) is 0 Å². The van der Waals surface area contributed by atoms with Gasteiger partial charge in [-0.1, -0.05) is 31.8 Å². The van der Waals surface area contributed by atoms with Crippen molar-refractivity contribution in [2.75, 3.05) is 0 Å². The summed E-state index contributed by atoms with van der Waals surface area (Å²) in [6.07, 6.45) is 5.31. The number of fused-ring (bicyclic) bond motifs is 1. The fourth-order valence-electron chi connectivity index (χ4n) is 4.15. The first-order valence-electron chi connectivity index (χ1n) is 9.73. The Bertz CT molecular complexity index is 892. The maximum Gasteiger partial charge on any atom is 0.305 e. The second kappa shape index (κ2) is 6.62. The van der Waals surface area contributed by atoms with Crippen molar-refractivity contribution in [3.63, 3.8) is 0 Å². The predicted octanol–water partition coefficient (Wildman–Crippen LogP) is 3.74. The molecule has 0 aliphatic heterocycles. The summed E-state index contributed by atoms with van der Waals surface area (Å²) in [5.41, 5.74) is 1.80. The minimum absolute atomic E-state index is 0.0525. The molecule has 0 unspecified atom stereocenters. The van der Waals surface area contributed by atoms with E-state index in [9.17, 15) is 14.7 Å². The number of aliphatic carboxylic acids is 1. The maximum atomic E-state index is 13.3. The molecule has 2 aliphatic carbocycles. The van der Waals surface area contributed by atoms with Gasteiger partial charge in [0, 0.05) is 11.6 Å². The first kappa shape index (κ1) is 17.9. The highest BCUT2D eigenvalue weighted by atomic mass is 16.5. The van der Waals surface area contributed by atoms with E-state index in [0.717, 1.165) is 31.4 Å². The zero-order chi connectivity index (χ0) is 19.2. The van der Waals surface area contributed by atoms with Crippen LogP contribution in [0.25, 0.3) is 11.1 Å². The third kappa shape index (κ3) is 3.42. The number of nitrogens with one attached hydrogen (secondary N) is 1. The highest BCUT2D eigenvalue weighted by Gasteiger charge is 2.38. The average molecular weight is 371 g/mol. The molecule has 1 amide bonds. The fourth-order valence-corrected chi connectivity index (χ4v) is 4.15. The molecule has 7 nitrogen and oxygen atoms in total. The van der Waals surface area contributed by atoms with Crippen molar-refractivity contribution in [1.29, 1.82) is 0 Å². The Morgan fingerprint density at radius 3 is 2.63 bits per heavy atom. The highest BCUT2D eigenvalue weighted by Crippen LogP contribution is 2.41. The molecule has 7 heteroatoms. The normalized spacial score (nSPS) is 18.9. The van der Waals surface area contributed by atoms with E-state index >= 15 is 0 Å². The molecule has 2 aromatic rings. The van der Waals surface area contributed by atoms with Crippen LogP contribution in [-0.2, 0) is 4.79 Å². The molecule has 2 N–H and O–H groups in total. The average Bonchev–Trinajstić information content (AvgIpc) is 3.21. The molecule has 0 saturated heterocycles. The topological polar surface area (TPSA) is 105 Å². The predicted molar refractivity (Wildman–Crippen MR) is 98.8 cm³/mol. The summed E-state index contributed by atoms with van der Waals surface area (Å²) in [6.45, 7) is 3.99. The fraction of sp³-hybridized carbons (Fsp3) is 0.600. The van der Waals surface area contributed by atoms with Crippen molar-refractivity contribution in [3.05, 3.63) is 23.0 Å². The quantitative estimate of drug-likeness (QED) is 0.801. The molecule has 0 radical (unpaired) electrons. The summed E-state index contributed by atoms with van der Waals surface area (Å²) in [7, 11) is 0. The number of pyridine rings is 1. The Morgan fingerprint density at radius 2 is 2.04 bits per heavy atom. The lowest BCUT2D eigenvalue weighted by molar-refractivity contribution is -0.138. The third-order valence-electron chi connectivity index (χ3n) is 5.71. The van der Waals surface area contributed by atoms with Crippen LogP contribution in [0.1, 0.15) is 92.4 Å². The zero-order valence-corrected chi connectivity index (χ0v) is 15.7. The zero-order valence-electron chi connectivity index (χ0n) is 15.7. The number of nitrogens with zero attached hydrogens (tertiary/aromatic N) is 2. The lowest BCUT2D eigenvalue weighted by Crippen LogP contribution is -2.47. The standard InChI is InChI=1S/C20H25N3O4/c1-11(2)17-16-13(9-14(12-5-6-12)21-19(16)27-23-17)18(26)22-20(10-15(24)25)7-3-4-8-20/h9,11-12H,3-8,10H2,1-2H3,(H,22,26)(H,24,25). The first-order valence-corrected chi connectivity index (χ1v) is 9.73. The second-order valence-corrected chi connectivity index (χ2v) is 8.28. The number of amides is 1. The molecular formula is C20H25N3O4. The van der Waals surface area contributed by atoms with Gasteiger partial charge in [-0.25, -0.2) is 4.98 Å². The van der Waals surface area contributed by atoms with E-state index in [1.807, 2.05) is 19.9 Å². The molecule has 2 saturated carbocycles. The summed E-state index contributed by atoms with van der Waals surface area (Å²) < 4.78 is 5.44. The lowest BCUT2D eigenvalue weighted by Gasteiger charge is -2.29. The molecule has 0 spiro atoms. The van der Waals surface area contributed by atoms with E-state index in [1.54, 1.807) is 0 Å². The highest BCUT2D eigenvalue weighted by molar-refractivity contribution is 6.06. The molecule has 0 aromatic carbocycles. The van der Waals surface area contributed by atoms with Crippen molar-refractivity contribution < 1.29 is 19.2 Å². The Balaban J connectivity index is 1.75. The van der Waals surface area contributed by atoms with Crippen LogP contribution < -0.4 is 5.32 Å². The Labute approximate surface area is 157 Å². The monoisotopic (exact) mass is 371 g/mol. The van der Waals surface area contributed by atoms with E-state index in [0.29, 0.717) is 41.1 Å². The van der Waals surface area contributed by atoms with Crippen molar-refractivity contribution >= 4 is 23.0 Å². The molecule has 0 atom stereocenters. The molecule has 2 fully saturated rings. The SMILES string of the molecule is CC(C)c1noc2nc(C3CC3)cc(C(=O)NC3(CC(=O)O)CCCC3)c12. The van der Waals surface area contributed by atoms with Gasteiger partial charge >= 0.3 is 5.97 Å². The molecule has 2 aliphatic rings. The van der Waals surface area contributed by atoms with Gasteiger partial charge in [0.25, 0.3) is 11.6 Å². The Morgan fingerprint density at radius 1 is 1.33 bits per heavy atom. The maximum absolute atomic E-state index is 13.3. The number of carbonyl (C=O) groups excluding carboxylic acids is 1. The van der Waals surface area contributed by atoms with Crippen molar-refractivity contribution in [2.45, 2.75) is 76.2 Å². The summed E-state index contributed by atoms with van der Waals surface area (Å²) in [6, 6.07) is 1.85. The summed E-state index contributed by atoms with van der Waals surface area (Å²) in [5, 5.41) is 17.2. The van der Waals surface area contributed by atoms with Crippen LogP contribution in [0.4, 0.5) is 0 Å². The smallest absolute Gasteiger partial charge is 0.305 e. The van der Waals surface area contributed by atoms with E-state index in [-0.39, 0.29) is 18.2 Å². The summed E-state index contributed by atoms with van der Waals surface area (Å²) in [5.74, 6) is -0.681. The largest absolute Gasteiger partial charge is 0.481 e. The number of hydrogen-bond acceptors (Lipinski definition) is 5. The number of hydrogen-bond donors (Lipinski definition) is 2. The molecule has 144 valence electrons. The van der Waals surface area contributed by atoms with Crippen LogP contribution in [0.15, 0.2) is 10.6 Å². The molecule has 27 heavy (non-hydrogen) atoms. The number of carboxylic acids is 1. The van der Waals surface area contributed by atoms with Gasteiger partial charge in [0.2, 0.25) is 0 Å². The van der Waals surface area contributed by atoms with Crippen LogP contribution in [0, 0.1) is 0 Å². The van der Waals surface area contributed by atoms with E-state index in [4.69, 9.17) is 4.52 Å². The van der Waals surface area contributed by atoms with E-state index < -0.39 is 11.5 Å². The van der Waals surface area contributed by atoms with Crippen LogP contribution in [0.3, 0.4) is 0 Å². The molecule has 0 bridgehead atoms.